The van der Waals surface area contributed by atoms with Crippen LogP contribution in [0.25, 0.3) is 0 Å². The number of benzene rings is 1. The van der Waals surface area contributed by atoms with Gasteiger partial charge in [-0.25, -0.2) is 4.67 Å². The van der Waals surface area contributed by atoms with Crippen molar-refractivity contribution in [1.29, 1.82) is 0 Å². The van der Waals surface area contributed by atoms with Gasteiger partial charge in [0.05, 0.1) is 11.5 Å². The van der Waals surface area contributed by atoms with Crippen molar-refractivity contribution in [2.45, 2.75) is 68.9 Å². The van der Waals surface area contributed by atoms with Gasteiger partial charge in [0.15, 0.2) is 0 Å². The van der Waals surface area contributed by atoms with Gasteiger partial charge in [0, 0.05) is 24.8 Å². The third-order valence-corrected chi connectivity index (χ3v) is 8.29. The van der Waals surface area contributed by atoms with Gasteiger partial charge in [0.2, 0.25) is 8.45 Å². The lowest BCUT2D eigenvalue weighted by atomic mass is 9.98. The Bertz CT molecular complexity index is 531. The summed E-state index contributed by atoms with van der Waals surface area (Å²) in [5.74, 6) is 0. The van der Waals surface area contributed by atoms with Crippen molar-refractivity contribution in [2.75, 3.05) is 17.8 Å². The van der Waals surface area contributed by atoms with E-state index in [1.807, 2.05) is 0 Å². The zero-order valence-corrected chi connectivity index (χ0v) is 16.0. The Labute approximate surface area is 152 Å². The molecule has 0 aromatic heterocycles. The molecule has 2 saturated heterocycles. The van der Waals surface area contributed by atoms with Gasteiger partial charge in [-0.1, -0.05) is 43.9 Å². The van der Waals surface area contributed by atoms with Gasteiger partial charge in [0.1, 0.15) is 0 Å². The third kappa shape index (κ3) is 3.60. The molecule has 0 radical (unpaired) electrons. The molecule has 1 aliphatic carbocycles. The van der Waals surface area contributed by atoms with Crippen LogP contribution in [0.5, 0.6) is 0 Å². The normalized spacial score (nSPS) is 34.8. The van der Waals surface area contributed by atoms with Gasteiger partial charge < -0.3 is 9.19 Å². The minimum absolute atomic E-state index is 0.173. The van der Waals surface area contributed by atoms with E-state index < -0.39 is 8.45 Å². The molecular formula is C19H28ClN2OP. The van der Waals surface area contributed by atoms with Crippen LogP contribution in [-0.2, 0) is 4.52 Å². The van der Waals surface area contributed by atoms with Crippen molar-refractivity contribution < 1.29 is 4.52 Å². The molecular weight excluding hydrogens is 339 g/mol. The molecule has 4 unspecified atom stereocenters. The Kier molecular flexibility index (Phi) is 5.63. The lowest BCUT2D eigenvalue weighted by Crippen LogP contribution is -2.29. The number of hydrogen-bond donors (Lipinski definition) is 0. The molecule has 2 aliphatic heterocycles. The van der Waals surface area contributed by atoms with Crippen molar-refractivity contribution >= 4 is 25.7 Å². The van der Waals surface area contributed by atoms with E-state index in [2.05, 4.69) is 39.7 Å². The Morgan fingerprint density at radius 3 is 2.58 bits per heavy atom. The summed E-state index contributed by atoms with van der Waals surface area (Å²) in [5.41, 5.74) is 1.30. The molecule has 4 atom stereocenters. The first-order valence-electron chi connectivity index (χ1n) is 9.53. The minimum Gasteiger partial charge on any atom is -0.322 e. The van der Waals surface area contributed by atoms with E-state index in [1.165, 1.54) is 50.8 Å². The molecule has 132 valence electrons. The fraction of sp³-hybridized carbons (Fsp3) is 0.684. The highest BCUT2D eigenvalue weighted by Gasteiger charge is 2.45. The van der Waals surface area contributed by atoms with Crippen LogP contribution in [0.2, 0.25) is 0 Å². The first-order chi connectivity index (χ1) is 11.8. The zero-order chi connectivity index (χ0) is 16.4. The van der Waals surface area contributed by atoms with Gasteiger partial charge in [-0.15, -0.1) is 11.6 Å². The van der Waals surface area contributed by atoms with E-state index in [-0.39, 0.29) is 11.5 Å². The average molecular weight is 367 g/mol. The maximum Gasteiger partial charge on any atom is 0.218 e. The number of para-hydroxylation sites is 1. The molecule has 1 saturated carbocycles. The summed E-state index contributed by atoms with van der Waals surface area (Å²) in [7, 11) is -0.713. The van der Waals surface area contributed by atoms with Crippen LogP contribution < -0.4 is 4.67 Å². The van der Waals surface area contributed by atoms with E-state index in [4.69, 9.17) is 16.1 Å². The molecule has 3 nitrogen and oxygen atoms in total. The van der Waals surface area contributed by atoms with Gasteiger partial charge in [0.25, 0.3) is 0 Å². The largest absolute Gasteiger partial charge is 0.322 e. The van der Waals surface area contributed by atoms with Crippen LogP contribution >= 0.6 is 20.1 Å². The van der Waals surface area contributed by atoms with Crippen molar-refractivity contribution in [1.82, 2.24) is 4.67 Å². The number of nitrogens with zero attached hydrogens (tertiary/aromatic N) is 2. The van der Waals surface area contributed by atoms with Gasteiger partial charge in [-0.3, -0.25) is 0 Å². The van der Waals surface area contributed by atoms with Gasteiger partial charge in [-0.05, 0) is 37.8 Å². The van der Waals surface area contributed by atoms with Crippen molar-refractivity contribution in [3.8, 4) is 0 Å². The van der Waals surface area contributed by atoms with Crippen molar-refractivity contribution in [2.24, 2.45) is 0 Å². The maximum atomic E-state index is 6.77. The summed E-state index contributed by atoms with van der Waals surface area (Å²) in [6.07, 6.45) is 10.2. The predicted octanol–water partition coefficient (Wildman–Crippen LogP) is 5.54. The highest BCUT2D eigenvalue weighted by Crippen LogP contribution is 2.58. The topological polar surface area (TPSA) is 15.7 Å². The van der Waals surface area contributed by atoms with E-state index in [0.717, 1.165) is 19.4 Å². The molecule has 0 amide bonds. The predicted molar refractivity (Wildman–Crippen MR) is 103 cm³/mol. The number of rotatable bonds is 3. The second-order valence-corrected chi connectivity index (χ2v) is 9.55. The lowest BCUT2D eigenvalue weighted by molar-refractivity contribution is 0.177. The second-order valence-electron chi connectivity index (χ2n) is 7.28. The van der Waals surface area contributed by atoms with Gasteiger partial charge in [-0.2, -0.15) is 0 Å². The molecule has 3 fully saturated rings. The number of halogens is 1. The Morgan fingerprint density at radius 2 is 1.75 bits per heavy atom. The number of hydrogen-bond acceptors (Lipinski definition) is 3. The van der Waals surface area contributed by atoms with E-state index in [9.17, 15) is 0 Å². The number of anilines is 1. The van der Waals surface area contributed by atoms with E-state index >= 15 is 0 Å². The molecule has 1 aromatic carbocycles. The van der Waals surface area contributed by atoms with Crippen LogP contribution in [0.1, 0.15) is 51.4 Å². The van der Waals surface area contributed by atoms with Crippen molar-refractivity contribution in [3.63, 3.8) is 0 Å². The molecule has 2 heterocycles. The van der Waals surface area contributed by atoms with Gasteiger partial charge >= 0.3 is 0 Å². The highest BCUT2D eigenvalue weighted by molar-refractivity contribution is 7.52. The summed E-state index contributed by atoms with van der Waals surface area (Å²) >= 11 is 6.72. The van der Waals surface area contributed by atoms with Crippen LogP contribution in [0, 0.1) is 0 Å². The van der Waals surface area contributed by atoms with Crippen LogP contribution in [0.3, 0.4) is 0 Å². The fourth-order valence-electron chi connectivity index (χ4n) is 4.21. The summed E-state index contributed by atoms with van der Waals surface area (Å²) in [6.45, 7) is 2.29. The smallest absolute Gasteiger partial charge is 0.218 e. The first kappa shape index (κ1) is 17.1. The molecule has 0 N–H and O–H groups in total. The Hall–Kier alpha value is -0.340. The molecule has 0 spiro atoms. The quantitative estimate of drug-likeness (QED) is 0.515. The summed E-state index contributed by atoms with van der Waals surface area (Å²) < 4.78 is 11.9. The minimum atomic E-state index is -0.713. The zero-order valence-electron chi connectivity index (χ0n) is 14.3. The van der Waals surface area contributed by atoms with E-state index in [0.29, 0.717) is 6.04 Å². The third-order valence-electron chi connectivity index (χ3n) is 5.56. The molecule has 24 heavy (non-hydrogen) atoms. The summed E-state index contributed by atoms with van der Waals surface area (Å²) in [5, 5.41) is 0.173. The average Bonchev–Trinajstić information content (AvgIpc) is 3.17. The van der Waals surface area contributed by atoms with Crippen molar-refractivity contribution in [3.05, 3.63) is 30.3 Å². The number of alkyl halides is 1. The maximum absolute atomic E-state index is 6.77. The molecule has 4 rings (SSSR count). The van der Waals surface area contributed by atoms with Crippen LogP contribution in [0.4, 0.5) is 5.69 Å². The Balaban J connectivity index is 1.53. The molecule has 3 aliphatic rings. The SMILES string of the molecule is ClC1CCCCCCC1OP1N(c2ccccc2)CC2CCCN21. The monoisotopic (exact) mass is 366 g/mol. The fourth-order valence-corrected chi connectivity index (χ4v) is 7.06. The molecule has 5 heteroatoms. The number of fused-ring (bicyclic) bond motifs is 1. The van der Waals surface area contributed by atoms with Crippen LogP contribution in [0.15, 0.2) is 30.3 Å². The molecule has 1 aromatic rings. The Morgan fingerprint density at radius 1 is 0.958 bits per heavy atom. The first-order valence-corrected chi connectivity index (χ1v) is 11.1. The standard InChI is InChI=1S/C19H28ClN2OP/c20-18-12-6-1-2-7-13-19(18)23-24-21-14-8-11-17(21)15-22(24)16-9-4-3-5-10-16/h3-5,9-10,17-19H,1-2,6-8,11-15H2. The van der Waals surface area contributed by atoms with E-state index in [1.54, 1.807) is 0 Å². The highest BCUT2D eigenvalue weighted by atomic mass is 35.5. The summed E-state index contributed by atoms with van der Waals surface area (Å²) in [4.78, 5) is 0. The summed E-state index contributed by atoms with van der Waals surface area (Å²) in [6, 6.07) is 11.5. The van der Waals surface area contributed by atoms with Crippen LogP contribution in [-0.4, -0.2) is 35.3 Å². The second kappa shape index (κ2) is 7.91. The lowest BCUT2D eigenvalue weighted by Gasteiger charge is -2.34. The molecule has 0 bridgehead atoms.